The van der Waals surface area contributed by atoms with Crippen LogP contribution >= 0.6 is 0 Å². The number of rotatable bonds is 3. The van der Waals surface area contributed by atoms with Crippen LogP contribution in [0.1, 0.15) is 11.1 Å². The number of aryl methyl sites for hydroxylation is 2. The number of benzene rings is 3. The molecule has 0 unspecified atom stereocenters. The summed E-state index contributed by atoms with van der Waals surface area (Å²) in [5, 5.41) is 0. The molecule has 0 saturated heterocycles. The molecule has 0 amide bonds. The first-order valence-electron chi connectivity index (χ1n) is 8.62. The average Bonchev–Trinajstić information content (AvgIpc) is 3.08. The van der Waals surface area contributed by atoms with E-state index in [-0.39, 0.29) is 0 Å². The maximum absolute atomic E-state index is 2.24. The topological polar surface area (TPSA) is 4.93 Å². The van der Waals surface area contributed by atoms with Gasteiger partial charge in [-0.25, -0.2) is 0 Å². The summed E-state index contributed by atoms with van der Waals surface area (Å²) >= 11 is 0. The Bertz CT molecular complexity index is 918. The van der Waals surface area contributed by atoms with Crippen LogP contribution in [0.5, 0.6) is 0 Å². The van der Waals surface area contributed by atoms with Crippen LogP contribution < -0.4 is 0 Å². The second-order valence-electron chi connectivity index (χ2n) is 6.57. The van der Waals surface area contributed by atoms with Crippen LogP contribution in [0.3, 0.4) is 0 Å². The van der Waals surface area contributed by atoms with Gasteiger partial charge in [0.2, 0.25) is 0 Å². The maximum Gasteiger partial charge on any atom is 0.0455 e. The quantitative estimate of drug-likeness (QED) is 0.409. The Morgan fingerprint density at radius 1 is 0.560 bits per heavy atom. The molecule has 0 bridgehead atoms. The molecule has 4 rings (SSSR count). The minimum absolute atomic E-state index is 1.21. The van der Waals surface area contributed by atoms with E-state index in [2.05, 4.69) is 110 Å². The molecule has 3 aromatic carbocycles. The van der Waals surface area contributed by atoms with Crippen LogP contribution in [0.25, 0.3) is 27.9 Å². The number of nitrogens with zero attached hydrogens (tertiary/aromatic N) is 1. The number of aromatic nitrogens is 1. The summed E-state index contributed by atoms with van der Waals surface area (Å²) in [6, 6.07) is 27.9. The van der Waals surface area contributed by atoms with Crippen LogP contribution in [0.2, 0.25) is 0 Å². The lowest BCUT2D eigenvalue weighted by Gasteiger charge is -2.06. The molecule has 0 fully saturated rings. The van der Waals surface area contributed by atoms with Gasteiger partial charge < -0.3 is 4.57 Å². The highest BCUT2D eigenvalue weighted by Crippen LogP contribution is 2.34. The molecule has 0 aliphatic heterocycles. The lowest BCUT2D eigenvalue weighted by atomic mass is 9.99. The third kappa shape index (κ3) is 3.14. The van der Waals surface area contributed by atoms with E-state index in [0.29, 0.717) is 0 Å². The van der Waals surface area contributed by atoms with Crippen LogP contribution in [-0.4, -0.2) is 4.57 Å². The van der Waals surface area contributed by atoms with Crippen LogP contribution in [0.15, 0.2) is 91.3 Å². The molecular weight excluding hydrogens is 302 g/mol. The summed E-state index contributed by atoms with van der Waals surface area (Å²) in [5.41, 5.74) is 8.76. The summed E-state index contributed by atoms with van der Waals surface area (Å²) in [4.78, 5) is 0. The van der Waals surface area contributed by atoms with Crippen LogP contribution in [0.4, 0.5) is 0 Å². The first-order valence-corrected chi connectivity index (χ1v) is 8.62. The lowest BCUT2D eigenvalue weighted by Crippen LogP contribution is -1.91. The fraction of sp³-hybridized carbons (Fsp3) is 0.0833. The molecular formula is C24H21N. The predicted molar refractivity (Wildman–Crippen MR) is 106 cm³/mol. The number of hydrogen-bond donors (Lipinski definition) is 0. The fourth-order valence-corrected chi connectivity index (χ4v) is 3.40. The molecule has 0 aliphatic carbocycles. The Hall–Kier alpha value is -3.06. The molecule has 1 heterocycles. The van der Waals surface area contributed by atoms with Crippen LogP contribution in [0, 0.1) is 13.8 Å². The standard InChI is InChI=1S/C24H21N/c1-18-13-19(2)15-22(14-18)25-16-23(20-9-5-3-6-10-20)24(17-25)21-11-7-4-8-12-21/h3-17H,1-2H3. The van der Waals surface area contributed by atoms with Gasteiger partial charge in [0.1, 0.15) is 0 Å². The predicted octanol–water partition coefficient (Wildman–Crippen LogP) is 6.43. The van der Waals surface area contributed by atoms with E-state index in [0.717, 1.165) is 0 Å². The van der Waals surface area contributed by atoms with Gasteiger partial charge >= 0.3 is 0 Å². The maximum atomic E-state index is 2.24. The van der Waals surface area contributed by atoms with Gasteiger partial charge in [-0.15, -0.1) is 0 Å². The molecule has 0 saturated carbocycles. The SMILES string of the molecule is Cc1cc(C)cc(-n2cc(-c3ccccc3)c(-c3ccccc3)c2)c1. The van der Waals surface area contributed by atoms with Gasteiger partial charge in [0.15, 0.2) is 0 Å². The zero-order chi connectivity index (χ0) is 17.2. The van der Waals surface area contributed by atoms with Crippen molar-refractivity contribution >= 4 is 0 Å². The molecule has 0 atom stereocenters. The van der Waals surface area contributed by atoms with Crippen molar-refractivity contribution in [1.82, 2.24) is 4.57 Å². The Morgan fingerprint density at radius 2 is 1.00 bits per heavy atom. The van der Waals surface area contributed by atoms with Crippen molar-refractivity contribution in [2.24, 2.45) is 0 Å². The van der Waals surface area contributed by atoms with E-state index in [9.17, 15) is 0 Å². The van der Waals surface area contributed by atoms with Crippen molar-refractivity contribution in [3.05, 3.63) is 102 Å². The molecule has 122 valence electrons. The van der Waals surface area contributed by atoms with Crippen molar-refractivity contribution < 1.29 is 0 Å². The van der Waals surface area contributed by atoms with Crippen molar-refractivity contribution in [2.75, 3.05) is 0 Å². The minimum atomic E-state index is 1.21. The highest BCUT2D eigenvalue weighted by atomic mass is 14.9. The highest BCUT2D eigenvalue weighted by molar-refractivity contribution is 5.83. The summed E-state index contributed by atoms with van der Waals surface area (Å²) in [6.45, 7) is 4.30. The molecule has 0 N–H and O–H groups in total. The Kier molecular flexibility index (Phi) is 3.99. The molecule has 1 aromatic heterocycles. The van der Waals surface area contributed by atoms with E-state index in [4.69, 9.17) is 0 Å². The van der Waals surface area contributed by atoms with E-state index >= 15 is 0 Å². The Balaban J connectivity index is 1.92. The van der Waals surface area contributed by atoms with Gasteiger partial charge in [0, 0.05) is 29.2 Å². The van der Waals surface area contributed by atoms with Crippen molar-refractivity contribution in [1.29, 1.82) is 0 Å². The zero-order valence-corrected chi connectivity index (χ0v) is 14.6. The third-order valence-corrected chi connectivity index (χ3v) is 4.50. The van der Waals surface area contributed by atoms with Crippen molar-refractivity contribution in [2.45, 2.75) is 13.8 Å². The number of hydrogen-bond acceptors (Lipinski definition) is 0. The molecule has 0 aliphatic rings. The largest absolute Gasteiger partial charge is 0.323 e. The Labute approximate surface area is 149 Å². The summed E-state index contributed by atoms with van der Waals surface area (Å²) in [7, 11) is 0. The average molecular weight is 323 g/mol. The molecule has 1 heteroatoms. The monoisotopic (exact) mass is 323 g/mol. The van der Waals surface area contributed by atoms with Gasteiger partial charge in [-0.3, -0.25) is 0 Å². The van der Waals surface area contributed by atoms with Crippen LogP contribution in [-0.2, 0) is 0 Å². The summed E-state index contributed by atoms with van der Waals surface area (Å²) in [6.07, 6.45) is 4.48. The van der Waals surface area contributed by atoms with Gasteiger partial charge in [0.25, 0.3) is 0 Å². The smallest absolute Gasteiger partial charge is 0.0455 e. The second-order valence-corrected chi connectivity index (χ2v) is 6.57. The summed E-state index contributed by atoms with van der Waals surface area (Å²) < 4.78 is 2.24. The van der Waals surface area contributed by atoms with E-state index < -0.39 is 0 Å². The van der Waals surface area contributed by atoms with Crippen molar-refractivity contribution in [3.8, 4) is 27.9 Å². The minimum Gasteiger partial charge on any atom is -0.323 e. The van der Waals surface area contributed by atoms with Gasteiger partial charge in [-0.05, 0) is 48.2 Å². The van der Waals surface area contributed by atoms with Gasteiger partial charge in [-0.2, -0.15) is 0 Å². The molecule has 25 heavy (non-hydrogen) atoms. The highest BCUT2D eigenvalue weighted by Gasteiger charge is 2.12. The molecule has 0 radical (unpaired) electrons. The lowest BCUT2D eigenvalue weighted by molar-refractivity contribution is 1.07. The molecule has 1 nitrogen and oxygen atoms in total. The Morgan fingerprint density at radius 3 is 1.44 bits per heavy atom. The van der Waals surface area contributed by atoms with E-state index in [1.807, 2.05) is 0 Å². The van der Waals surface area contributed by atoms with E-state index in [1.54, 1.807) is 0 Å². The van der Waals surface area contributed by atoms with E-state index in [1.165, 1.54) is 39.1 Å². The first kappa shape index (κ1) is 15.5. The second kappa shape index (κ2) is 6.45. The summed E-state index contributed by atoms with van der Waals surface area (Å²) in [5.74, 6) is 0. The third-order valence-electron chi connectivity index (χ3n) is 4.50. The molecule has 0 spiro atoms. The first-order chi connectivity index (χ1) is 12.2. The van der Waals surface area contributed by atoms with Gasteiger partial charge in [0.05, 0.1) is 0 Å². The molecule has 4 aromatic rings. The zero-order valence-electron chi connectivity index (χ0n) is 14.6. The fourth-order valence-electron chi connectivity index (χ4n) is 3.40. The van der Waals surface area contributed by atoms with Crippen molar-refractivity contribution in [3.63, 3.8) is 0 Å². The van der Waals surface area contributed by atoms with Gasteiger partial charge in [-0.1, -0.05) is 66.7 Å². The normalized spacial score (nSPS) is 10.8.